The fourth-order valence-electron chi connectivity index (χ4n) is 3.61. The highest BCUT2D eigenvalue weighted by Gasteiger charge is 2.43. The molecule has 2 aliphatic rings. The van der Waals surface area contributed by atoms with Gasteiger partial charge in [0.2, 0.25) is 0 Å². The third-order valence-corrected chi connectivity index (χ3v) is 4.73. The number of nitrogens with zero attached hydrogens (tertiary/aromatic N) is 1. The molecule has 0 aromatic heterocycles. The van der Waals surface area contributed by atoms with Gasteiger partial charge in [-0.1, -0.05) is 48.5 Å². The van der Waals surface area contributed by atoms with Gasteiger partial charge in [-0.3, -0.25) is 14.5 Å². The average molecular weight is 327 g/mol. The van der Waals surface area contributed by atoms with Gasteiger partial charge in [0, 0.05) is 11.1 Å². The maximum absolute atomic E-state index is 13.0. The Morgan fingerprint density at radius 3 is 1.60 bits per heavy atom. The smallest absolute Gasteiger partial charge is 0.262 e. The molecular formula is C21H13NO3. The first kappa shape index (κ1) is 14.0. The van der Waals surface area contributed by atoms with E-state index in [1.165, 1.54) is 4.90 Å². The third-order valence-electron chi connectivity index (χ3n) is 4.73. The predicted octanol–water partition coefficient (Wildman–Crippen LogP) is 4.18. The van der Waals surface area contributed by atoms with Gasteiger partial charge in [-0.15, -0.1) is 0 Å². The summed E-state index contributed by atoms with van der Waals surface area (Å²) in [4.78, 5) is 27.3. The molecular weight excluding hydrogens is 314 g/mol. The number of amides is 2. The predicted molar refractivity (Wildman–Crippen MR) is 91.7 cm³/mol. The molecule has 5 rings (SSSR count). The Bertz CT molecular complexity index is 960. The van der Waals surface area contributed by atoms with E-state index in [9.17, 15) is 9.59 Å². The van der Waals surface area contributed by atoms with Crippen LogP contribution in [0.5, 0.6) is 11.5 Å². The minimum atomic E-state index is -0.492. The maximum atomic E-state index is 13.0. The first-order valence-electron chi connectivity index (χ1n) is 8.08. The molecule has 4 heteroatoms. The van der Waals surface area contributed by atoms with Gasteiger partial charge in [-0.05, 0) is 24.3 Å². The van der Waals surface area contributed by atoms with E-state index >= 15 is 0 Å². The van der Waals surface area contributed by atoms with Gasteiger partial charge in [0.1, 0.15) is 11.5 Å². The highest BCUT2D eigenvalue weighted by atomic mass is 16.5. The number of para-hydroxylation sites is 2. The molecule has 0 radical (unpaired) electrons. The van der Waals surface area contributed by atoms with Crippen LogP contribution in [0.4, 0.5) is 0 Å². The minimum absolute atomic E-state index is 0.267. The molecule has 2 aliphatic heterocycles. The molecule has 3 aromatic rings. The Balaban J connectivity index is 1.73. The van der Waals surface area contributed by atoms with Crippen molar-refractivity contribution in [1.82, 2.24) is 4.90 Å². The third kappa shape index (κ3) is 1.88. The minimum Gasteiger partial charge on any atom is -0.457 e. The fraction of sp³-hybridized carbons (Fsp3) is 0.0476. The Morgan fingerprint density at radius 2 is 1.08 bits per heavy atom. The summed E-state index contributed by atoms with van der Waals surface area (Å²) < 4.78 is 5.97. The van der Waals surface area contributed by atoms with Crippen molar-refractivity contribution in [2.24, 2.45) is 0 Å². The summed E-state index contributed by atoms with van der Waals surface area (Å²) in [7, 11) is 0. The molecule has 0 bridgehead atoms. The SMILES string of the molecule is O=C1c2ccccc2C(=O)N1C1c2ccccc2Oc2ccccc21. The molecule has 0 fully saturated rings. The average Bonchev–Trinajstić information content (AvgIpc) is 2.91. The first-order valence-corrected chi connectivity index (χ1v) is 8.08. The van der Waals surface area contributed by atoms with Crippen molar-refractivity contribution in [2.75, 3.05) is 0 Å². The summed E-state index contributed by atoms with van der Waals surface area (Å²) in [5.41, 5.74) is 2.54. The van der Waals surface area contributed by atoms with Crippen LogP contribution in [0.15, 0.2) is 72.8 Å². The lowest BCUT2D eigenvalue weighted by Crippen LogP contribution is -2.36. The molecule has 2 heterocycles. The van der Waals surface area contributed by atoms with Crippen molar-refractivity contribution in [1.29, 1.82) is 0 Å². The summed E-state index contributed by atoms with van der Waals surface area (Å²) in [6.07, 6.45) is 0. The van der Waals surface area contributed by atoms with E-state index in [4.69, 9.17) is 4.74 Å². The zero-order valence-corrected chi connectivity index (χ0v) is 13.2. The molecule has 120 valence electrons. The number of carbonyl (C=O) groups excluding carboxylic acids is 2. The van der Waals surface area contributed by atoms with E-state index in [2.05, 4.69) is 0 Å². The number of hydrogen-bond acceptors (Lipinski definition) is 3. The second-order valence-corrected chi connectivity index (χ2v) is 6.11. The van der Waals surface area contributed by atoms with Crippen molar-refractivity contribution in [3.63, 3.8) is 0 Å². The van der Waals surface area contributed by atoms with E-state index < -0.39 is 6.04 Å². The van der Waals surface area contributed by atoms with Gasteiger partial charge in [0.05, 0.1) is 17.2 Å². The molecule has 2 amide bonds. The molecule has 0 saturated carbocycles. The second-order valence-electron chi connectivity index (χ2n) is 6.11. The van der Waals surface area contributed by atoms with Crippen LogP contribution in [0.2, 0.25) is 0 Å². The topological polar surface area (TPSA) is 46.6 Å². The molecule has 0 unspecified atom stereocenters. The molecule has 4 nitrogen and oxygen atoms in total. The van der Waals surface area contributed by atoms with E-state index in [-0.39, 0.29) is 11.8 Å². The van der Waals surface area contributed by atoms with Crippen LogP contribution in [0.25, 0.3) is 0 Å². The summed E-state index contributed by atoms with van der Waals surface area (Å²) in [6, 6.07) is 21.5. The number of imide groups is 1. The van der Waals surface area contributed by atoms with Crippen LogP contribution in [0.3, 0.4) is 0 Å². The molecule has 0 atom stereocenters. The van der Waals surface area contributed by atoms with Crippen molar-refractivity contribution < 1.29 is 14.3 Å². The fourth-order valence-corrected chi connectivity index (χ4v) is 3.61. The van der Waals surface area contributed by atoms with Crippen molar-refractivity contribution in [3.05, 3.63) is 95.1 Å². The van der Waals surface area contributed by atoms with Crippen LogP contribution in [-0.2, 0) is 0 Å². The Hall–Kier alpha value is -3.40. The van der Waals surface area contributed by atoms with Crippen LogP contribution < -0.4 is 4.74 Å². The number of hydrogen-bond donors (Lipinski definition) is 0. The van der Waals surface area contributed by atoms with E-state index in [0.29, 0.717) is 22.6 Å². The number of benzene rings is 3. The van der Waals surface area contributed by atoms with Gasteiger partial charge in [-0.25, -0.2) is 0 Å². The number of rotatable bonds is 1. The monoisotopic (exact) mass is 327 g/mol. The summed E-state index contributed by atoms with van der Waals surface area (Å²) >= 11 is 0. The Kier molecular flexibility index (Phi) is 2.82. The Labute approximate surface area is 144 Å². The van der Waals surface area contributed by atoms with Gasteiger partial charge in [0.25, 0.3) is 11.8 Å². The largest absolute Gasteiger partial charge is 0.457 e. The van der Waals surface area contributed by atoms with E-state index in [1.54, 1.807) is 24.3 Å². The van der Waals surface area contributed by atoms with E-state index in [1.807, 2.05) is 48.5 Å². The lowest BCUT2D eigenvalue weighted by molar-refractivity contribution is 0.0603. The molecule has 0 N–H and O–H groups in total. The van der Waals surface area contributed by atoms with Crippen molar-refractivity contribution in [2.45, 2.75) is 6.04 Å². The van der Waals surface area contributed by atoms with Crippen molar-refractivity contribution >= 4 is 11.8 Å². The number of fused-ring (bicyclic) bond motifs is 3. The maximum Gasteiger partial charge on any atom is 0.262 e. The molecule has 25 heavy (non-hydrogen) atoms. The summed E-state index contributed by atoms with van der Waals surface area (Å²) in [5.74, 6) is 0.805. The quantitative estimate of drug-likeness (QED) is 0.630. The van der Waals surface area contributed by atoms with Gasteiger partial charge in [-0.2, -0.15) is 0 Å². The normalized spacial score (nSPS) is 15.4. The first-order chi connectivity index (χ1) is 12.3. The van der Waals surface area contributed by atoms with Crippen LogP contribution in [0.1, 0.15) is 37.9 Å². The number of carbonyl (C=O) groups is 2. The molecule has 0 saturated heterocycles. The molecule has 3 aromatic carbocycles. The van der Waals surface area contributed by atoms with Crippen LogP contribution in [-0.4, -0.2) is 16.7 Å². The molecule has 0 aliphatic carbocycles. The lowest BCUT2D eigenvalue weighted by atomic mass is 9.93. The zero-order valence-electron chi connectivity index (χ0n) is 13.2. The zero-order chi connectivity index (χ0) is 17.0. The standard InChI is InChI=1S/C21H13NO3/c23-20-13-7-1-2-8-14(13)21(24)22(20)19-15-9-3-5-11-17(15)25-18-12-6-4-10-16(18)19/h1-12,19H. The van der Waals surface area contributed by atoms with Gasteiger partial charge >= 0.3 is 0 Å². The Morgan fingerprint density at radius 1 is 0.640 bits per heavy atom. The van der Waals surface area contributed by atoms with Crippen LogP contribution in [0, 0.1) is 0 Å². The van der Waals surface area contributed by atoms with Crippen molar-refractivity contribution in [3.8, 4) is 11.5 Å². The second kappa shape index (κ2) is 5.05. The number of ether oxygens (including phenoxy) is 1. The highest BCUT2D eigenvalue weighted by Crippen LogP contribution is 2.47. The van der Waals surface area contributed by atoms with Gasteiger partial charge < -0.3 is 4.74 Å². The lowest BCUT2D eigenvalue weighted by Gasteiger charge is -2.33. The van der Waals surface area contributed by atoms with Gasteiger partial charge in [0.15, 0.2) is 0 Å². The summed E-state index contributed by atoms with van der Waals surface area (Å²) in [5, 5.41) is 0. The summed E-state index contributed by atoms with van der Waals surface area (Å²) in [6.45, 7) is 0. The van der Waals surface area contributed by atoms with E-state index in [0.717, 1.165) is 11.1 Å². The van der Waals surface area contributed by atoms with Crippen LogP contribution >= 0.6 is 0 Å². The highest BCUT2D eigenvalue weighted by molar-refractivity contribution is 6.21. The molecule has 0 spiro atoms.